The molecule has 0 radical (unpaired) electrons. The zero-order valence-electron chi connectivity index (χ0n) is 25.6. The first-order chi connectivity index (χ1) is 23.7. The van der Waals surface area contributed by atoms with Crippen molar-refractivity contribution in [1.82, 2.24) is 4.98 Å². The molecule has 0 saturated carbocycles. The Labute approximate surface area is 274 Å². The van der Waals surface area contributed by atoms with Crippen molar-refractivity contribution in [2.45, 2.75) is 0 Å². The fourth-order valence-electron chi connectivity index (χ4n) is 6.76. The monoisotopic (exact) mass is 618 g/mol. The van der Waals surface area contributed by atoms with Gasteiger partial charge in [-0.25, -0.2) is 4.98 Å². The average molecular weight is 619 g/mol. The van der Waals surface area contributed by atoms with Crippen LogP contribution in [-0.2, 0) is 0 Å². The van der Waals surface area contributed by atoms with Crippen LogP contribution in [0.25, 0.3) is 77.6 Å². The molecule has 10 aromatic rings. The van der Waals surface area contributed by atoms with Crippen molar-refractivity contribution < 1.29 is 13.3 Å². The molecule has 48 heavy (non-hydrogen) atoms. The Bertz CT molecular complexity index is 2770. The number of furan rings is 2. The summed E-state index contributed by atoms with van der Waals surface area (Å²) >= 11 is 0. The van der Waals surface area contributed by atoms with E-state index in [1.54, 1.807) is 0 Å². The van der Waals surface area contributed by atoms with E-state index < -0.39 is 0 Å². The summed E-state index contributed by atoms with van der Waals surface area (Å²) in [7, 11) is 0. The van der Waals surface area contributed by atoms with Crippen LogP contribution in [0.2, 0.25) is 0 Å². The van der Waals surface area contributed by atoms with E-state index in [0.717, 1.165) is 83.2 Å². The summed E-state index contributed by atoms with van der Waals surface area (Å²) in [6.07, 6.45) is 0. The number of hydrogen-bond donors (Lipinski definition) is 0. The van der Waals surface area contributed by atoms with E-state index in [2.05, 4.69) is 95.9 Å². The molecule has 7 aromatic carbocycles. The van der Waals surface area contributed by atoms with Crippen molar-refractivity contribution in [3.63, 3.8) is 0 Å². The fourth-order valence-corrected chi connectivity index (χ4v) is 6.76. The highest BCUT2D eigenvalue weighted by atomic mass is 16.4. The van der Waals surface area contributed by atoms with Crippen LogP contribution in [0.5, 0.6) is 0 Å². The molecular formula is C43H26N2O3. The highest BCUT2D eigenvalue weighted by molar-refractivity contribution is 6.11. The van der Waals surface area contributed by atoms with Crippen LogP contribution in [0.15, 0.2) is 171 Å². The van der Waals surface area contributed by atoms with E-state index in [4.69, 9.17) is 18.2 Å². The second-order valence-electron chi connectivity index (χ2n) is 12.0. The number of rotatable bonds is 5. The lowest BCUT2D eigenvalue weighted by molar-refractivity contribution is 0.620. The summed E-state index contributed by atoms with van der Waals surface area (Å²) in [6, 6.07) is 54.1. The Morgan fingerprint density at radius 2 is 0.896 bits per heavy atom. The maximum atomic E-state index is 6.37. The lowest BCUT2D eigenvalue weighted by Crippen LogP contribution is -2.09. The van der Waals surface area contributed by atoms with Crippen molar-refractivity contribution in [2.75, 3.05) is 4.90 Å². The molecule has 3 aromatic heterocycles. The lowest BCUT2D eigenvalue weighted by Gasteiger charge is -2.26. The molecule has 0 amide bonds. The molecule has 5 nitrogen and oxygen atoms in total. The third-order valence-corrected chi connectivity index (χ3v) is 9.09. The predicted molar refractivity (Wildman–Crippen MR) is 194 cm³/mol. The van der Waals surface area contributed by atoms with Gasteiger partial charge < -0.3 is 18.2 Å². The molecular weight excluding hydrogens is 592 g/mol. The predicted octanol–water partition coefficient (Wildman–Crippen LogP) is 12.4. The molecule has 0 saturated heterocycles. The van der Waals surface area contributed by atoms with Gasteiger partial charge in [0.2, 0.25) is 5.89 Å². The van der Waals surface area contributed by atoms with Gasteiger partial charge in [0.1, 0.15) is 27.8 Å². The number of nitrogens with zero attached hydrogens (tertiary/aromatic N) is 2. The van der Waals surface area contributed by atoms with E-state index in [9.17, 15) is 0 Å². The topological polar surface area (TPSA) is 55.6 Å². The molecule has 0 fully saturated rings. The summed E-state index contributed by atoms with van der Waals surface area (Å²) in [5, 5.41) is 4.15. The van der Waals surface area contributed by atoms with Crippen LogP contribution in [0.3, 0.4) is 0 Å². The molecule has 226 valence electrons. The Kier molecular flexibility index (Phi) is 5.81. The third-order valence-electron chi connectivity index (χ3n) is 9.09. The van der Waals surface area contributed by atoms with Crippen LogP contribution < -0.4 is 4.90 Å². The Morgan fingerprint density at radius 1 is 0.354 bits per heavy atom. The number of fused-ring (bicyclic) bond motifs is 7. The van der Waals surface area contributed by atoms with Crippen molar-refractivity contribution >= 4 is 72.0 Å². The maximum absolute atomic E-state index is 6.37. The second-order valence-corrected chi connectivity index (χ2v) is 12.0. The quantitative estimate of drug-likeness (QED) is 0.192. The standard InChI is InChI=1S/C43H26N2O3/c1-3-9-27(10-4-1)28-15-17-30(18-16-28)45(31-19-21-39-34(23-31)33-13-7-8-14-38(33)46-39)32-20-22-40-35(24-32)36-25-42-37(26-41(36)47-40)44-43(48-42)29-11-5-2-6-12-29/h1-26H. The van der Waals surface area contributed by atoms with Crippen molar-refractivity contribution in [1.29, 1.82) is 0 Å². The van der Waals surface area contributed by atoms with Crippen LogP contribution in [0, 0.1) is 0 Å². The lowest BCUT2D eigenvalue weighted by atomic mass is 10.0. The smallest absolute Gasteiger partial charge is 0.227 e. The molecule has 0 aliphatic rings. The molecule has 10 rings (SSSR count). The highest BCUT2D eigenvalue weighted by Crippen LogP contribution is 2.42. The largest absolute Gasteiger partial charge is 0.456 e. The molecule has 0 spiro atoms. The van der Waals surface area contributed by atoms with Gasteiger partial charge >= 0.3 is 0 Å². The minimum absolute atomic E-state index is 0.593. The molecule has 0 bridgehead atoms. The van der Waals surface area contributed by atoms with E-state index in [-0.39, 0.29) is 0 Å². The number of oxazole rings is 1. The van der Waals surface area contributed by atoms with Crippen molar-refractivity contribution in [3.05, 3.63) is 158 Å². The molecule has 3 heterocycles. The van der Waals surface area contributed by atoms with Gasteiger partial charge in [-0.3, -0.25) is 0 Å². The molecule has 0 aliphatic carbocycles. The van der Waals surface area contributed by atoms with Crippen LogP contribution in [0.1, 0.15) is 0 Å². The van der Waals surface area contributed by atoms with Gasteiger partial charge in [-0.2, -0.15) is 0 Å². The molecule has 0 atom stereocenters. The average Bonchev–Trinajstić information content (AvgIpc) is 3.84. The van der Waals surface area contributed by atoms with E-state index in [1.165, 1.54) is 5.56 Å². The number of aromatic nitrogens is 1. The van der Waals surface area contributed by atoms with E-state index >= 15 is 0 Å². The molecule has 0 aliphatic heterocycles. The summed E-state index contributed by atoms with van der Waals surface area (Å²) in [6.45, 7) is 0. The Morgan fingerprint density at radius 3 is 1.62 bits per heavy atom. The van der Waals surface area contributed by atoms with E-state index in [0.29, 0.717) is 5.89 Å². The van der Waals surface area contributed by atoms with Crippen molar-refractivity contribution in [2.24, 2.45) is 0 Å². The summed E-state index contributed by atoms with van der Waals surface area (Å²) in [5.74, 6) is 0.593. The van der Waals surface area contributed by atoms with Gasteiger partial charge in [0.05, 0.1) is 0 Å². The fraction of sp³-hybridized carbons (Fsp3) is 0. The van der Waals surface area contributed by atoms with Gasteiger partial charge in [-0.1, -0.05) is 78.9 Å². The zero-order valence-corrected chi connectivity index (χ0v) is 25.6. The summed E-state index contributed by atoms with van der Waals surface area (Å²) < 4.78 is 18.8. The van der Waals surface area contributed by atoms with Crippen molar-refractivity contribution in [3.8, 4) is 22.6 Å². The van der Waals surface area contributed by atoms with Crippen LogP contribution in [0.4, 0.5) is 17.1 Å². The number of benzene rings is 7. The number of hydrogen-bond acceptors (Lipinski definition) is 5. The van der Waals surface area contributed by atoms with Crippen LogP contribution >= 0.6 is 0 Å². The third kappa shape index (κ3) is 4.29. The highest BCUT2D eigenvalue weighted by Gasteiger charge is 2.19. The van der Waals surface area contributed by atoms with Gasteiger partial charge in [0.15, 0.2) is 5.58 Å². The van der Waals surface area contributed by atoms with Gasteiger partial charge in [-0.05, 0) is 83.9 Å². The Hall–Kier alpha value is -6.59. The summed E-state index contributed by atoms with van der Waals surface area (Å²) in [4.78, 5) is 7.04. The van der Waals surface area contributed by atoms with Gasteiger partial charge in [-0.15, -0.1) is 0 Å². The SMILES string of the molecule is c1ccc(-c2ccc(N(c3ccc4oc5ccccc5c4c3)c3ccc4oc5cc6nc(-c7ccccc7)oc6cc5c4c3)cc2)cc1. The first kappa shape index (κ1) is 26.6. The second kappa shape index (κ2) is 10.5. The Balaban J connectivity index is 1.14. The number of anilines is 3. The normalized spacial score (nSPS) is 11.8. The van der Waals surface area contributed by atoms with Gasteiger partial charge in [0.25, 0.3) is 0 Å². The number of para-hydroxylation sites is 1. The van der Waals surface area contributed by atoms with E-state index in [1.807, 2.05) is 66.7 Å². The minimum atomic E-state index is 0.593. The maximum Gasteiger partial charge on any atom is 0.227 e. The first-order valence-corrected chi connectivity index (χ1v) is 15.9. The summed E-state index contributed by atoms with van der Waals surface area (Å²) in [5.41, 5.74) is 11.2. The molecule has 5 heteroatoms. The van der Waals surface area contributed by atoms with Crippen LogP contribution in [-0.4, -0.2) is 4.98 Å². The zero-order chi connectivity index (χ0) is 31.6. The molecule has 0 N–H and O–H groups in total. The minimum Gasteiger partial charge on any atom is -0.456 e. The first-order valence-electron chi connectivity index (χ1n) is 15.9. The van der Waals surface area contributed by atoms with Gasteiger partial charge in [0, 0.05) is 50.2 Å². The molecule has 0 unspecified atom stereocenters.